The van der Waals surface area contributed by atoms with Gasteiger partial charge in [0, 0.05) is 17.4 Å². The summed E-state index contributed by atoms with van der Waals surface area (Å²) >= 11 is 11.9. The third-order valence-corrected chi connectivity index (χ3v) is 3.39. The predicted octanol–water partition coefficient (Wildman–Crippen LogP) is 3.89. The van der Waals surface area contributed by atoms with Gasteiger partial charge in [0.05, 0.1) is 10.7 Å². The summed E-state index contributed by atoms with van der Waals surface area (Å²) in [4.78, 5) is 16.4. The molecule has 0 fully saturated rings. The second-order valence-corrected chi connectivity index (χ2v) is 4.99. The third-order valence-electron chi connectivity index (χ3n) is 2.84. The first-order chi connectivity index (χ1) is 9.65. The molecule has 2 heterocycles. The van der Waals surface area contributed by atoms with Gasteiger partial charge in [-0.2, -0.15) is 0 Å². The number of rotatable bonds is 2. The van der Waals surface area contributed by atoms with Gasteiger partial charge in [0.1, 0.15) is 11.3 Å². The van der Waals surface area contributed by atoms with Gasteiger partial charge in [-0.1, -0.05) is 29.3 Å². The van der Waals surface area contributed by atoms with E-state index in [2.05, 4.69) is 10.3 Å². The minimum Gasteiger partial charge on any atom is -0.319 e. The Bertz CT molecular complexity index is 798. The van der Waals surface area contributed by atoms with Gasteiger partial charge < -0.3 is 5.32 Å². The number of amides is 1. The van der Waals surface area contributed by atoms with E-state index in [1.54, 1.807) is 47.1 Å². The largest absolute Gasteiger partial charge is 0.319 e. The zero-order valence-corrected chi connectivity index (χ0v) is 11.7. The minimum atomic E-state index is -0.266. The van der Waals surface area contributed by atoms with E-state index in [1.807, 2.05) is 6.07 Å². The second kappa shape index (κ2) is 5.15. The molecule has 3 rings (SSSR count). The molecule has 2 aromatic heterocycles. The Balaban J connectivity index is 1.95. The molecule has 1 aromatic carbocycles. The van der Waals surface area contributed by atoms with Crippen molar-refractivity contribution in [2.75, 3.05) is 5.32 Å². The molecule has 0 bridgehead atoms. The van der Waals surface area contributed by atoms with Gasteiger partial charge >= 0.3 is 0 Å². The number of benzene rings is 1. The van der Waals surface area contributed by atoms with E-state index in [0.29, 0.717) is 27.1 Å². The molecule has 4 nitrogen and oxygen atoms in total. The van der Waals surface area contributed by atoms with Crippen molar-refractivity contribution in [3.05, 3.63) is 64.5 Å². The molecule has 0 aliphatic carbocycles. The number of hydrogen-bond donors (Lipinski definition) is 1. The standard InChI is InChI=1S/C14H9Cl2N3O/c15-9-4-5-11(10(16)8-9)18-14(20)12-2-1-3-13-17-6-7-19(12)13/h1-8H,(H,18,20). The smallest absolute Gasteiger partial charge is 0.272 e. The number of halogens is 2. The lowest BCUT2D eigenvalue weighted by molar-refractivity contribution is 0.102. The average molecular weight is 306 g/mol. The number of hydrogen-bond acceptors (Lipinski definition) is 2. The van der Waals surface area contributed by atoms with Crippen LogP contribution in [-0.2, 0) is 0 Å². The molecular weight excluding hydrogens is 297 g/mol. The lowest BCUT2D eigenvalue weighted by atomic mass is 10.3. The summed E-state index contributed by atoms with van der Waals surface area (Å²) in [5.74, 6) is -0.266. The maximum absolute atomic E-state index is 12.3. The van der Waals surface area contributed by atoms with Gasteiger partial charge in [0.15, 0.2) is 0 Å². The Morgan fingerprint density at radius 3 is 2.85 bits per heavy atom. The Kier molecular flexibility index (Phi) is 3.34. The highest BCUT2D eigenvalue weighted by Crippen LogP contribution is 2.25. The summed E-state index contributed by atoms with van der Waals surface area (Å²) in [6.45, 7) is 0. The topological polar surface area (TPSA) is 46.4 Å². The summed E-state index contributed by atoms with van der Waals surface area (Å²) in [6, 6.07) is 10.2. The van der Waals surface area contributed by atoms with Gasteiger partial charge in [0.2, 0.25) is 0 Å². The molecule has 0 aliphatic rings. The quantitative estimate of drug-likeness (QED) is 0.780. The molecule has 0 spiro atoms. The Labute approximate surface area is 125 Å². The zero-order valence-electron chi connectivity index (χ0n) is 10.2. The average Bonchev–Trinajstić information content (AvgIpc) is 2.90. The second-order valence-electron chi connectivity index (χ2n) is 4.14. The van der Waals surface area contributed by atoms with Crippen molar-refractivity contribution >= 4 is 40.4 Å². The highest BCUT2D eigenvalue weighted by Gasteiger charge is 2.12. The molecule has 0 radical (unpaired) electrons. The zero-order chi connectivity index (χ0) is 14.1. The van der Waals surface area contributed by atoms with E-state index in [1.165, 1.54) is 0 Å². The summed E-state index contributed by atoms with van der Waals surface area (Å²) in [5.41, 5.74) is 1.70. The molecule has 0 unspecified atom stereocenters. The normalized spacial score (nSPS) is 10.7. The van der Waals surface area contributed by atoms with E-state index in [0.717, 1.165) is 0 Å². The number of anilines is 1. The number of carbonyl (C=O) groups excluding carboxylic acids is 1. The van der Waals surface area contributed by atoms with Crippen molar-refractivity contribution in [3.8, 4) is 0 Å². The van der Waals surface area contributed by atoms with E-state index < -0.39 is 0 Å². The molecule has 100 valence electrons. The molecule has 3 aromatic rings. The number of imidazole rings is 1. The Morgan fingerprint density at radius 2 is 2.05 bits per heavy atom. The van der Waals surface area contributed by atoms with Gasteiger partial charge in [-0.15, -0.1) is 0 Å². The molecule has 1 amide bonds. The number of nitrogens with one attached hydrogen (secondary N) is 1. The van der Waals surface area contributed by atoms with Crippen LogP contribution in [0.5, 0.6) is 0 Å². The van der Waals surface area contributed by atoms with Crippen molar-refractivity contribution in [3.63, 3.8) is 0 Å². The van der Waals surface area contributed by atoms with Crippen LogP contribution in [0, 0.1) is 0 Å². The van der Waals surface area contributed by atoms with Crippen molar-refractivity contribution < 1.29 is 4.79 Å². The van der Waals surface area contributed by atoms with Crippen LogP contribution < -0.4 is 5.32 Å². The number of pyridine rings is 1. The number of nitrogens with zero attached hydrogens (tertiary/aromatic N) is 2. The minimum absolute atomic E-state index is 0.266. The van der Waals surface area contributed by atoms with Gasteiger partial charge in [-0.05, 0) is 30.3 Å². The molecular formula is C14H9Cl2N3O. The highest BCUT2D eigenvalue weighted by atomic mass is 35.5. The van der Waals surface area contributed by atoms with Crippen LogP contribution in [0.15, 0.2) is 48.8 Å². The first-order valence-electron chi connectivity index (χ1n) is 5.83. The lowest BCUT2D eigenvalue weighted by Crippen LogP contribution is -2.15. The van der Waals surface area contributed by atoms with Crippen molar-refractivity contribution in [1.82, 2.24) is 9.38 Å². The van der Waals surface area contributed by atoms with Gasteiger partial charge in [-0.25, -0.2) is 4.98 Å². The molecule has 0 saturated heterocycles. The Morgan fingerprint density at radius 1 is 1.20 bits per heavy atom. The SMILES string of the molecule is O=C(Nc1ccc(Cl)cc1Cl)c1cccc2nccn12. The molecule has 0 saturated carbocycles. The first-order valence-corrected chi connectivity index (χ1v) is 6.59. The van der Waals surface area contributed by atoms with Crippen LogP contribution in [0.2, 0.25) is 10.0 Å². The maximum atomic E-state index is 12.3. The van der Waals surface area contributed by atoms with E-state index in [9.17, 15) is 4.79 Å². The van der Waals surface area contributed by atoms with E-state index in [4.69, 9.17) is 23.2 Å². The first kappa shape index (κ1) is 13.0. The fraction of sp³-hybridized carbons (Fsp3) is 0. The fourth-order valence-corrected chi connectivity index (χ4v) is 2.37. The van der Waals surface area contributed by atoms with Gasteiger partial charge in [-0.3, -0.25) is 9.20 Å². The summed E-state index contributed by atoms with van der Waals surface area (Å²) in [6.07, 6.45) is 3.37. The lowest BCUT2D eigenvalue weighted by Gasteiger charge is -2.09. The summed E-state index contributed by atoms with van der Waals surface area (Å²) in [7, 11) is 0. The summed E-state index contributed by atoms with van der Waals surface area (Å²) < 4.78 is 1.71. The summed E-state index contributed by atoms with van der Waals surface area (Å²) in [5, 5.41) is 3.67. The Hall–Kier alpha value is -2.04. The monoisotopic (exact) mass is 305 g/mol. The van der Waals surface area contributed by atoms with E-state index >= 15 is 0 Å². The van der Waals surface area contributed by atoms with Crippen molar-refractivity contribution in [2.45, 2.75) is 0 Å². The molecule has 1 N–H and O–H groups in total. The molecule has 0 aliphatic heterocycles. The molecule has 0 atom stereocenters. The van der Waals surface area contributed by atoms with Crippen LogP contribution >= 0.6 is 23.2 Å². The number of aromatic nitrogens is 2. The number of carbonyl (C=O) groups is 1. The predicted molar refractivity (Wildman–Crippen MR) is 79.6 cm³/mol. The third kappa shape index (κ3) is 2.35. The van der Waals surface area contributed by atoms with Crippen LogP contribution in [0.4, 0.5) is 5.69 Å². The van der Waals surface area contributed by atoms with Crippen LogP contribution in [0.1, 0.15) is 10.5 Å². The van der Waals surface area contributed by atoms with Crippen LogP contribution in [0.25, 0.3) is 5.65 Å². The molecule has 20 heavy (non-hydrogen) atoms. The molecule has 6 heteroatoms. The van der Waals surface area contributed by atoms with Crippen LogP contribution in [-0.4, -0.2) is 15.3 Å². The highest BCUT2D eigenvalue weighted by molar-refractivity contribution is 6.36. The van der Waals surface area contributed by atoms with Crippen molar-refractivity contribution in [2.24, 2.45) is 0 Å². The fourth-order valence-electron chi connectivity index (χ4n) is 1.91. The van der Waals surface area contributed by atoms with E-state index in [-0.39, 0.29) is 5.91 Å². The van der Waals surface area contributed by atoms with Gasteiger partial charge in [0.25, 0.3) is 5.91 Å². The maximum Gasteiger partial charge on any atom is 0.272 e. The van der Waals surface area contributed by atoms with Crippen LogP contribution in [0.3, 0.4) is 0 Å². The van der Waals surface area contributed by atoms with Crippen molar-refractivity contribution in [1.29, 1.82) is 0 Å². The number of fused-ring (bicyclic) bond motifs is 1.